The molecule has 136 valence electrons. The maximum Gasteiger partial charge on any atom is 0.233 e. The van der Waals surface area contributed by atoms with Gasteiger partial charge in [0.2, 0.25) is 5.88 Å². The summed E-state index contributed by atoms with van der Waals surface area (Å²) < 4.78 is 7.88. The number of nitrogens with zero attached hydrogens (tertiary/aromatic N) is 3. The maximum absolute atomic E-state index is 9.04. The molecule has 2 aromatic carbocycles. The third-order valence-corrected chi connectivity index (χ3v) is 4.90. The van der Waals surface area contributed by atoms with Gasteiger partial charge in [-0.2, -0.15) is 5.26 Å². The van der Waals surface area contributed by atoms with E-state index in [2.05, 4.69) is 47.7 Å². The minimum absolute atomic E-state index is 0.535. The van der Waals surface area contributed by atoms with Crippen molar-refractivity contribution in [2.75, 3.05) is 19.7 Å². The van der Waals surface area contributed by atoms with E-state index in [4.69, 9.17) is 10.00 Å². The topological polar surface area (TPSA) is 62.9 Å². The lowest BCUT2D eigenvalue weighted by molar-refractivity contribution is 0.250. The van der Waals surface area contributed by atoms with E-state index in [0.717, 1.165) is 36.5 Å². The molecule has 0 bridgehead atoms. The van der Waals surface area contributed by atoms with Crippen molar-refractivity contribution in [3.05, 3.63) is 65.7 Å². The quantitative estimate of drug-likeness (QED) is 0.755. The zero-order chi connectivity index (χ0) is 18.6. The standard InChI is InChI=1S/C22H22N4O/c1-16-2-6-19(7-3-16)21-12-22(27-15-18-10-11-24-14-18)25-26(21)20-8-4-17(13-23)5-9-20/h2-9,12,18,24H,10-11,14-15H2,1H3/t18-/m1/s1. The predicted octanol–water partition coefficient (Wildman–Crippen LogP) is 3.71. The van der Waals surface area contributed by atoms with E-state index in [1.165, 1.54) is 5.56 Å². The van der Waals surface area contributed by atoms with Gasteiger partial charge in [-0.05, 0) is 44.2 Å². The lowest BCUT2D eigenvalue weighted by Gasteiger charge is -2.08. The zero-order valence-electron chi connectivity index (χ0n) is 15.4. The van der Waals surface area contributed by atoms with Crippen LogP contribution >= 0.6 is 0 Å². The molecule has 0 spiro atoms. The average Bonchev–Trinajstić information content (AvgIpc) is 3.37. The first-order valence-electron chi connectivity index (χ1n) is 9.24. The van der Waals surface area contributed by atoms with Gasteiger partial charge in [-0.25, -0.2) is 4.68 Å². The fourth-order valence-electron chi connectivity index (χ4n) is 3.29. The third kappa shape index (κ3) is 3.86. The van der Waals surface area contributed by atoms with E-state index >= 15 is 0 Å². The summed E-state index contributed by atoms with van der Waals surface area (Å²) >= 11 is 0. The number of nitrogens with one attached hydrogen (secondary N) is 1. The Morgan fingerprint density at radius 3 is 2.63 bits per heavy atom. The van der Waals surface area contributed by atoms with Crippen LogP contribution in [0.25, 0.3) is 16.9 Å². The summed E-state index contributed by atoms with van der Waals surface area (Å²) in [5.74, 6) is 1.16. The minimum atomic E-state index is 0.535. The first kappa shape index (κ1) is 17.3. The molecule has 5 heteroatoms. The van der Waals surface area contributed by atoms with Crippen LogP contribution in [0.2, 0.25) is 0 Å². The molecule has 1 saturated heterocycles. The molecule has 1 aliphatic heterocycles. The number of nitriles is 1. The number of rotatable bonds is 5. The molecule has 27 heavy (non-hydrogen) atoms. The Bertz CT molecular complexity index is 945. The summed E-state index contributed by atoms with van der Waals surface area (Å²) in [5, 5.41) is 17.1. The van der Waals surface area contributed by atoms with E-state index in [1.54, 1.807) is 12.1 Å². The summed E-state index contributed by atoms with van der Waals surface area (Å²) in [5.41, 5.74) is 4.80. The monoisotopic (exact) mass is 358 g/mol. The SMILES string of the molecule is Cc1ccc(-c2cc(OC[C@@H]3CCNC3)nn2-c2ccc(C#N)cc2)cc1. The second-order valence-electron chi connectivity index (χ2n) is 6.97. The number of aromatic nitrogens is 2. The fraction of sp³-hybridized carbons (Fsp3) is 0.273. The highest BCUT2D eigenvalue weighted by atomic mass is 16.5. The van der Waals surface area contributed by atoms with E-state index < -0.39 is 0 Å². The molecule has 1 aromatic heterocycles. The molecule has 0 aliphatic carbocycles. The smallest absolute Gasteiger partial charge is 0.233 e. The molecule has 1 aliphatic rings. The molecule has 0 amide bonds. The van der Waals surface area contributed by atoms with Gasteiger partial charge in [0.25, 0.3) is 0 Å². The molecule has 1 N–H and O–H groups in total. The Balaban J connectivity index is 1.67. The Labute approximate surface area is 159 Å². The first-order valence-corrected chi connectivity index (χ1v) is 9.24. The Hall–Kier alpha value is -3.10. The highest BCUT2D eigenvalue weighted by Gasteiger charge is 2.17. The van der Waals surface area contributed by atoms with Gasteiger partial charge in [-0.15, -0.1) is 5.10 Å². The number of ether oxygens (including phenoxy) is 1. The summed E-state index contributed by atoms with van der Waals surface area (Å²) in [7, 11) is 0. The van der Waals surface area contributed by atoms with Crippen molar-refractivity contribution < 1.29 is 4.74 Å². The van der Waals surface area contributed by atoms with Crippen molar-refractivity contribution in [2.45, 2.75) is 13.3 Å². The normalized spacial score (nSPS) is 16.2. The van der Waals surface area contributed by atoms with Gasteiger partial charge >= 0.3 is 0 Å². The Kier molecular flexibility index (Phi) is 4.91. The molecule has 0 radical (unpaired) electrons. The molecule has 3 aromatic rings. The van der Waals surface area contributed by atoms with Crippen LogP contribution in [0, 0.1) is 24.2 Å². The van der Waals surface area contributed by atoms with Crippen LogP contribution in [0.15, 0.2) is 54.6 Å². The highest BCUT2D eigenvalue weighted by molar-refractivity contribution is 5.64. The second-order valence-corrected chi connectivity index (χ2v) is 6.97. The molecular weight excluding hydrogens is 336 g/mol. The highest BCUT2D eigenvalue weighted by Crippen LogP contribution is 2.28. The molecule has 2 heterocycles. The van der Waals surface area contributed by atoms with Crippen molar-refractivity contribution in [3.8, 4) is 28.9 Å². The Morgan fingerprint density at radius 1 is 1.19 bits per heavy atom. The van der Waals surface area contributed by atoms with Gasteiger partial charge in [0.15, 0.2) is 0 Å². The van der Waals surface area contributed by atoms with E-state index in [9.17, 15) is 0 Å². The molecule has 4 rings (SSSR count). The van der Waals surface area contributed by atoms with Gasteiger partial charge in [0.05, 0.1) is 29.6 Å². The van der Waals surface area contributed by atoms with Gasteiger partial charge in [0.1, 0.15) is 0 Å². The van der Waals surface area contributed by atoms with Gasteiger partial charge in [0, 0.05) is 24.1 Å². The average molecular weight is 358 g/mol. The number of benzene rings is 2. The van der Waals surface area contributed by atoms with Crippen LogP contribution in [-0.2, 0) is 0 Å². The lowest BCUT2D eigenvalue weighted by atomic mass is 10.1. The number of aryl methyl sites for hydroxylation is 1. The van der Waals surface area contributed by atoms with Crippen molar-refractivity contribution in [3.63, 3.8) is 0 Å². The van der Waals surface area contributed by atoms with Crippen LogP contribution in [0.1, 0.15) is 17.5 Å². The van der Waals surface area contributed by atoms with Crippen molar-refractivity contribution in [1.29, 1.82) is 5.26 Å². The van der Waals surface area contributed by atoms with Crippen LogP contribution < -0.4 is 10.1 Å². The maximum atomic E-state index is 9.04. The zero-order valence-corrected chi connectivity index (χ0v) is 15.4. The fourth-order valence-corrected chi connectivity index (χ4v) is 3.29. The second kappa shape index (κ2) is 7.65. The van der Waals surface area contributed by atoms with Crippen LogP contribution in [0.3, 0.4) is 0 Å². The Morgan fingerprint density at radius 2 is 1.96 bits per heavy atom. The van der Waals surface area contributed by atoms with Crippen molar-refractivity contribution in [2.24, 2.45) is 5.92 Å². The van der Waals surface area contributed by atoms with E-state index in [-0.39, 0.29) is 0 Å². The molecular formula is C22H22N4O. The number of hydrogen-bond acceptors (Lipinski definition) is 4. The molecule has 0 unspecified atom stereocenters. The van der Waals surface area contributed by atoms with E-state index in [1.807, 2.05) is 22.9 Å². The molecule has 1 fully saturated rings. The molecule has 0 saturated carbocycles. The summed E-state index contributed by atoms with van der Waals surface area (Å²) in [6, 6.07) is 20.0. The van der Waals surface area contributed by atoms with Crippen LogP contribution in [0.5, 0.6) is 5.88 Å². The summed E-state index contributed by atoms with van der Waals surface area (Å²) in [6.07, 6.45) is 1.14. The predicted molar refractivity (Wildman–Crippen MR) is 105 cm³/mol. The van der Waals surface area contributed by atoms with E-state index in [0.29, 0.717) is 24.0 Å². The van der Waals surface area contributed by atoms with Gasteiger partial charge in [-0.1, -0.05) is 29.8 Å². The van der Waals surface area contributed by atoms with Crippen LogP contribution in [-0.4, -0.2) is 29.5 Å². The van der Waals surface area contributed by atoms with Crippen molar-refractivity contribution in [1.82, 2.24) is 15.1 Å². The largest absolute Gasteiger partial charge is 0.476 e. The van der Waals surface area contributed by atoms with Crippen LogP contribution in [0.4, 0.5) is 0 Å². The van der Waals surface area contributed by atoms with Gasteiger partial charge < -0.3 is 10.1 Å². The summed E-state index contributed by atoms with van der Waals surface area (Å²) in [4.78, 5) is 0. The first-order chi connectivity index (χ1) is 13.2. The van der Waals surface area contributed by atoms with Gasteiger partial charge in [-0.3, -0.25) is 0 Å². The van der Waals surface area contributed by atoms with Crippen molar-refractivity contribution >= 4 is 0 Å². The molecule has 1 atom stereocenters. The third-order valence-electron chi connectivity index (χ3n) is 4.90. The summed E-state index contributed by atoms with van der Waals surface area (Å²) in [6.45, 7) is 4.81. The number of hydrogen-bond donors (Lipinski definition) is 1. The lowest BCUT2D eigenvalue weighted by Crippen LogP contribution is -2.15. The molecule has 5 nitrogen and oxygen atoms in total. The minimum Gasteiger partial charge on any atom is -0.476 e.